The molecule has 0 saturated heterocycles. The Bertz CT molecular complexity index is 459. The van der Waals surface area contributed by atoms with Crippen LogP contribution in [0.2, 0.25) is 0 Å². The average molecular weight is 277 g/mol. The highest BCUT2D eigenvalue weighted by molar-refractivity contribution is 5.75. The molecule has 1 N–H and O–H groups in total. The van der Waals surface area contributed by atoms with Crippen LogP contribution < -0.4 is 4.74 Å². The number of hydrogen-bond donors (Lipinski definition) is 1. The van der Waals surface area contributed by atoms with Crippen LogP contribution in [0.5, 0.6) is 5.75 Å². The predicted octanol–water partition coefficient (Wildman–Crippen LogP) is 1.78. The Hall–Kier alpha value is -1.55. The minimum absolute atomic E-state index is 0.00277. The molecule has 4 nitrogen and oxygen atoms in total. The molecule has 0 atom stereocenters. The number of carbonyl (C=O) groups is 1. The molecule has 4 heteroatoms. The summed E-state index contributed by atoms with van der Waals surface area (Å²) in [6.07, 6.45) is 5.16. The highest BCUT2D eigenvalue weighted by Crippen LogP contribution is 2.25. The number of rotatable bonds is 6. The van der Waals surface area contributed by atoms with Crippen LogP contribution in [-0.4, -0.2) is 42.7 Å². The Morgan fingerprint density at radius 2 is 2.05 bits per heavy atom. The van der Waals surface area contributed by atoms with Gasteiger partial charge in [0.1, 0.15) is 5.75 Å². The van der Waals surface area contributed by atoms with Crippen LogP contribution in [0.4, 0.5) is 0 Å². The molecule has 0 fully saturated rings. The molecular formula is C16H23NO3. The summed E-state index contributed by atoms with van der Waals surface area (Å²) in [5.41, 5.74) is 2.82. The highest BCUT2D eigenvalue weighted by Gasteiger charge is 2.11. The molecule has 1 aromatic rings. The van der Waals surface area contributed by atoms with Crippen molar-refractivity contribution >= 4 is 5.91 Å². The first-order valence-corrected chi connectivity index (χ1v) is 7.30. The lowest BCUT2D eigenvalue weighted by Crippen LogP contribution is -2.30. The average Bonchev–Trinajstić information content (AvgIpc) is 2.47. The first-order valence-electron chi connectivity index (χ1n) is 7.30. The van der Waals surface area contributed by atoms with Crippen LogP contribution in [0, 0.1) is 0 Å². The fourth-order valence-corrected chi connectivity index (χ4v) is 2.52. The lowest BCUT2D eigenvalue weighted by atomic mass is 9.92. The summed E-state index contributed by atoms with van der Waals surface area (Å²) in [7, 11) is 1.69. The number of carbonyl (C=O) groups excluding carboxylic acids is 1. The van der Waals surface area contributed by atoms with Crippen molar-refractivity contribution in [1.29, 1.82) is 0 Å². The number of likely N-dealkylation sites (N-methyl/N-ethyl adjacent to an activating group) is 1. The number of aliphatic hydroxyl groups excluding tert-OH is 1. The predicted molar refractivity (Wildman–Crippen MR) is 77.9 cm³/mol. The molecule has 0 spiro atoms. The quantitative estimate of drug-likeness (QED) is 0.862. The van der Waals surface area contributed by atoms with Crippen molar-refractivity contribution in [1.82, 2.24) is 4.90 Å². The van der Waals surface area contributed by atoms with Gasteiger partial charge in [-0.3, -0.25) is 4.79 Å². The lowest BCUT2D eigenvalue weighted by Gasteiger charge is -2.18. The SMILES string of the molecule is CN(CCO)C(=O)CCOc1ccc2c(c1)CCCC2. The molecule has 110 valence electrons. The van der Waals surface area contributed by atoms with Crippen molar-refractivity contribution in [2.75, 3.05) is 26.8 Å². The zero-order valence-electron chi connectivity index (χ0n) is 12.1. The van der Waals surface area contributed by atoms with Crippen molar-refractivity contribution in [3.8, 4) is 5.75 Å². The summed E-state index contributed by atoms with van der Waals surface area (Å²) >= 11 is 0. The maximum absolute atomic E-state index is 11.7. The summed E-state index contributed by atoms with van der Waals surface area (Å²) < 4.78 is 5.66. The Kier molecular flexibility index (Phi) is 5.41. The topological polar surface area (TPSA) is 49.8 Å². The zero-order chi connectivity index (χ0) is 14.4. The normalized spacial score (nSPS) is 13.7. The van der Waals surface area contributed by atoms with Crippen molar-refractivity contribution in [3.05, 3.63) is 29.3 Å². The third-order valence-electron chi connectivity index (χ3n) is 3.77. The van der Waals surface area contributed by atoms with E-state index in [-0.39, 0.29) is 12.5 Å². The molecule has 0 aliphatic heterocycles. The minimum Gasteiger partial charge on any atom is -0.493 e. The van der Waals surface area contributed by atoms with Crippen LogP contribution >= 0.6 is 0 Å². The van der Waals surface area contributed by atoms with Gasteiger partial charge in [-0.2, -0.15) is 0 Å². The van der Waals surface area contributed by atoms with Gasteiger partial charge in [0.25, 0.3) is 0 Å². The molecule has 0 unspecified atom stereocenters. The van der Waals surface area contributed by atoms with Gasteiger partial charge in [0.05, 0.1) is 19.6 Å². The van der Waals surface area contributed by atoms with Gasteiger partial charge >= 0.3 is 0 Å². The molecule has 1 aliphatic carbocycles. The molecule has 1 aromatic carbocycles. The van der Waals surface area contributed by atoms with Gasteiger partial charge in [-0.25, -0.2) is 0 Å². The summed E-state index contributed by atoms with van der Waals surface area (Å²) in [5.74, 6) is 0.847. The van der Waals surface area contributed by atoms with Gasteiger partial charge in [0.15, 0.2) is 0 Å². The summed E-state index contributed by atoms with van der Waals surface area (Å²) in [6, 6.07) is 6.24. The van der Waals surface area contributed by atoms with Crippen molar-refractivity contribution < 1.29 is 14.6 Å². The first kappa shape index (κ1) is 14.9. The number of hydrogen-bond acceptors (Lipinski definition) is 3. The molecule has 0 heterocycles. The number of aryl methyl sites for hydroxylation is 2. The van der Waals surface area contributed by atoms with Gasteiger partial charge in [-0.05, 0) is 48.9 Å². The number of ether oxygens (including phenoxy) is 1. The number of fused-ring (bicyclic) bond motifs is 1. The van der Waals surface area contributed by atoms with Gasteiger partial charge in [-0.1, -0.05) is 6.07 Å². The Balaban J connectivity index is 1.81. The molecule has 2 rings (SSSR count). The molecule has 1 aliphatic rings. The molecule has 0 bridgehead atoms. The maximum Gasteiger partial charge on any atom is 0.225 e. The number of nitrogens with zero attached hydrogens (tertiary/aromatic N) is 1. The fourth-order valence-electron chi connectivity index (χ4n) is 2.52. The molecule has 0 saturated carbocycles. The van der Waals surface area contributed by atoms with E-state index in [1.807, 2.05) is 6.07 Å². The third-order valence-corrected chi connectivity index (χ3v) is 3.77. The lowest BCUT2D eigenvalue weighted by molar-refractivity contribution is -0.130. The van der Waals surface area contributed by atoms with Gasteiger partial charge < -0.3 is 14.7 Å². The second-order valence-electron chi connectivity index (χ2n) is 5.27. The maximum atomic E-state index is 11.7. The van der Waals surface area contributed by atoms with E-state index >= 15 is 0 Å². The van der Waals surface area contributed by atoms with E-state index in [4.69, 9.17) is 9.84 Å². The largest absolute Gasteiger partial charge is 0.493 e. The Morgan fingerprint density at radius 1 is 1.30 bits per heavy atom. The summed E-state index contributed by atoms with van der Waals surface area (Å²) in [4.78, 5) is 13.2. The van der Waals surface area contributed by atoms with E-state index in [0.29, 0.717) is 19.6 Å². The summed E-state index contributed by atoms with van der Waals surface area (Å²) in [6.45, 7) is 0.749. The van der Waals surface area contributed by atoms with Crippen molar-refractivity contribution in [2.24, 2.45) is 0 Å². The molecule has 20 heavy (non-hydrogen) atoms. The van der Waals surface area contributed by atoms with E-state index in [1.165, 1.54) is 35.3 Å². The van der Waals surface area contributed by atoms with Crippen LogP contribution in [0.25, 0.3) is 0 Å². The minimum atomic E-state index is -0.00603. The Labute approximate surface area is 120 Å². The smallest absolute Gasteiger partial charge is 0.225 e. The van der Waals surface area contributed by atoms with Crippen LogP contribution in [-0.2, 0) is 17.6 Å². The van der Waals surface area contributed by atoms with E-state index in [2.05, 4.69) is 12.1 Å². The van der Waals surface area contributed by atoms with E-state index < -0.39 is 0 Å². The van der Waals surface area contributed by atoms with Crippen molar-refractivity contribution in [3.63, 3.8) is 0 Å². The second kappa shape index (κ2) is 7.29. The van der Waals surface area contributed by atoms with Gasteiger partial charge in [-0.15, -0.1) is 0 Å². The molecule has 0 aromatic heterocycles. The monoisotopic (exact) mass is 277 g/mol. The van der Waals surface area contributed by atoms with Crippen molar-refractivity contribution in [2.45, 2.75) is 32.1 Å². The third kappa shape index (κ3) is 3.97. The zero-order valence-corrected chi connectivity index (χ0v) is 12.1. The molecule has 1 amide bonds. The fraction of sp³-hybridized carbons (Fsp3) is 0.562. The Morgan fingerprint density at radius 3 is 2.80 bits per heavy atom. The van der Waals surface area contributed by atoms with Crippen LogP contribution in [0.1, 0.15) is 30.4 Å². The van der Waals surface area contributed by atoms with E-state index in [9.17, 15) is 4.79 Å². The van der Waals surface area contributed by atoms with E-state index in [1.54, 1.807) is 7.05 Å². The molecular weight excluding hydrogens is 254 g/mol. The number of benzene rings is 1. The number of aliphatic hydroxyl groups is 1. The second-order valence-corrected chi connectivity index (χ2v) is 5.27. The summed E-state index contributed by atoms with van der Waals surface area (Å²) in [5, 5.41) is 8.78. The molecule has 0 radical (unpaired) electrons. The number of amides is 1. The van der Waals surface area contributed by atoms with Crippen LogP contribution in [0.15, 0.2) is 18.2 Å². The van der Waals surface area contributed by atoms with E-state index in [0.717, 1.165) is 12.2 Å². The standard InChI is InChI=1S/C16H23NO3/c1-17(9-10-18)16(19)8-11-20-15-7-6-13-4-2-3-5-14(13)12-15/h6-7,12,18H,2-5,8-11H2,1H3. The first-order chi connectivity index (χ1) is 9.70. The van der Waals surface area contributed by atoms with Gasteiger partial charge in [0.2, 0.25) is 5.91 Å². The highest BCUT2D eigenvalue weighted by atomic mass is 16.5. The van der Waals surface area contributed by atoms with Crippen LogP contribution in [0.3, 0.4) is 0 Å². The van der Waals surface area contributed by atoms with Gasteiger partial charge in [0, 0.05) is 13.6 Å².